The minimum absolute atomic E-state index is 0.848. The van der Waals surface area contributed by atoms with Crippen molar-refractivity contribution in [2.75, 3.05) is 0 Å². The molecule has 0 radical (unpaired) electrons. The molecule has 0 spiro atoms. The van der Waals surface area contributed by atoms with E-state index in [1.54, 1.807) is 0 Å². The number of rotatable bonds is 11. The van der Waals surface area contributed by atoms with Gasteiger partial charge in [-0.1, -0.05) is 8.96 Å². The zero-order chi connectivity index (χ0) is 31.8. The standard InChI is InChI=1S/C10F23NO3S/c11-1(12,3(15,16)5(19,20)7(23,24)25)2(13,14)4(17,18)6(21,22)9(28,29)38(35,36)10(30,37-33)8(26,27)34(31)32. The van der Waals surface area contributed by atoms with Gasteiger partial charge >= 0.3 is 58.2 Å². The molecule has 0 aromatic heterocycles. The summed E-state index contributed by atoms with van der Waals surface area (Å²) in [6.07, 6.45) is -8.14. The molecule has 230 valence electrons. The lowest BCUT2D eigenvalue weighted by Gasteiger charge is -2.43. The first-order valence-electron chi connectivity index (χ1n) is 7.44. The molecule has 0 saturated carbocycles. The topological polar surface area (TPSA) is 46.6 Å². The molecule has 0 rings (SSSR count). The van der Waals surface area contributed by atoms with Gasteiger partial charge in [-0.2, -0.15) is 87.8 Å². The highest BCUT2D eigenvalue weighted by Gasteiger charge is 2.97. The lowest BCUT2D eigenvalue weighted by Crippen LogP contribution is -2.76. The smallest absolute Gasteiger partial charge is 0.216 e. The summed E-state index contributed by atoms with van der Waals surface area (Å²) in [7, 11) is -9.78. The van der Waals surface area contributed by atoms with E-state index in [9.17, 15) is 110 Å². The number of alkyl halides is 20. The molecule has 0 heterocycles. The van der Waals surface area contributed by atoms with Crippen LogP contribution in [0, 0.1) is 0 Å². The summed E-state index contributed by atoms with van der Waals surface area (Å²) in [4.78, 5) is 0.848. The third kappa shape index (κ3) is 4.01. The van der Waals surface area contributed by atoms with Gasteiger partial charge in [0.25, 0.3) is 9.84 Å². The second-order valence-electron chi connectivity index (χ2n) is 6.35. The van der Waals surface area contributed by atoms with Gasteiger partial charge in [0.2, 0.25) is 0 Å². The SMILES string of the molecule is O=S(=O)(C(F)(F)C(F)(F)C(F)(F)C(F)(F)C(F)(F)C(F)(F)C(F)(F)C(F)(F)F)C(F)(OF)C(F)(F)N(F)F. The number of hydrogen-bond donors (Lipinski definition) is 0. The number of hydrogen-bond acceptors (Lipinski definition) is 4. The zero-order valence-electron chi connectivity index (χ0n) is 15.8. The Morgan fingerprint density at radius 1 is 0.474 bits per heavy atom. The molecule has 0 saturated heterocycles. The van der Waals surface area contributed by atoms with Gasteiger partial charge < -0.3 is 0 Å². The van der Waals surface area contributed by atoms with Crippen LogP contribution in [0.1, 0.15) is 0 Å². The molecule has 0 N–H and O–H groups in total. The number of nitrogens with zero attached hydrogens (tertiary/aromatic N) is 1. The molecule has 0 amide bonds. The van der Waals surface area contributed by atoms with E-state index in [4.69, 9.17) is 0 Å². The van der Waals surface area contributed by atoms with Gasteiger partial charge in [-0.25, -0.2) is 8.42 Å². The van der Waals surface area contributed by atoms with Crippen LogP contribution in [-0.4, -0.2) is 72.0 Å². The van der Waals surface area contributed by atoms with E-state index in [0.717, 1.165) is 4.94 Å². The normalized spacial score (nSPS) is 18.1. The molecular formula is C10F23NO3S. The average molecular weight is 651 g/mol. The Balaban J connectivity index is 7.39. The van der Waals surface area contributed by atoms with Gasteiger partial charge in [-0.3, -0.25) is 0 Å². The molecule has 1 atom stereocenters. The highest BCUT2D eigenvalue weighted by atomic mass is 32.2. The number of sulfone groups is 1. The van der Waals surface area contributed by atoms with E-state index in [-0.39, 0.29) is 0 Å². The molecule has 0 aromatic carbocycles. The van der Waals surface area contributed by atoms with Crippen molar-refractivity contribution in [1.29, 1.82) is 0 Å². The van der Waals surface area contributed by atoms with E-state index >= 15 is 0 Å². The van der Waals surface area contributed by atoms with Gasteiger partial charge in [-0.05, 0) is 4.53 Å². The van der Waals surface area contributed by atoms with Crippen LogP contribution >= 0.6 is 0 Å². The van der Waals surface area contributed by atoms with Crippen molar-refractivity contribution in [2.45, 2.75) is 58.2 Å². The van der Waals surface area contributed by atoms with Crippen LogP contribution in [0.3, 0.4) is 0 Å². The predicted molar refractivity (Wildman–Crippen MR) is 64.6 cm³/mol. The fourth-order valence-corrected chi connectivity index (χ4v) is 3.10. The van der Waals surface area contributed by atoms with E-state index in [1.165, 1.54) is 0 Å². The first-order valence-corrected chi connectivity index (χ1v) is 8.92. The largest absolute Gasteiger partial charge is 0.460 e. The van der Waals surface area contributed by atoms with Crippen LogP contribution in [-0.2, 0) is 14.8 Å². The van der Waals surface area contributed by atoms with Crippen molar-refractivity contribution in [1.82, 2.24) is 5.34 Å². The van der Waals surface area contributed by atoms with Gasteiger partial charge in [-0.15, -0.1) is 4.94 Å². The fraction of sp³-hybridized carbons (Fsp3) is 1.00. The lowest BCUT2D eigenvalue weighted by molar-refractivity contribution is -0.459. The molecule has 28 heteroatoms. The van der Waals surface area contributed by atoms with Crippen molar-refractivity contribution in [2.24, 2.45) is 0 Å². The van der Waals surface area contributed by atoms with E-state index in [2.05, 4.69) is 0 Å². The van der Waals surface area contributed by atoms with Crippen LogP contribution in [0.2, 0.25) is 0 Å². The molecule has 38 heavy (non-hydrogen) atoms. The van der Waals surface area contributed by atoms with Crippen LogP contribution in [0.4, 0.5) is 101 Å². The highest BCUT2D eigenvalue weighted by molar-refractivity contribution is 7.93. The Morgan fingerprint density at radius 2 is 0.737 bits per heavy atom. The third-order valence-electron chi connectivity index (χ3n) is 4.05. The van der Waals surface area contributed by atoms with Gasteiger partial charge in [0.1, 0.15) is 0 Å². The fourth-order valence-electron chi connectivity index (χ4n) is 1.83. The van der Waals surface area contributed by atoms with E-state index in [1.807, 2.05) is 0 Å². The van der Waals surface area contributed by atoms with Crippen LogP contribution in [0.25, 0.3) is 0 Å². The summed E-state index contributed by atoms with van der Waals surface area (Å²) in [5.41, 5.74) is 0. The van der Waals surface area contributed by atoms with Crippen LogP contribution in [0.5, 0.6) is 0 Å². The summed E-state index contributed by atoms with van der Waals surface area (Å²) < 4.78 is 319. The predicted octanol–water partition coefficient (Wildman–Crippen LogP) is 6.56. The lowest BCUT2D eigenvalue weighted by atomic mass is 9.91. The highest BCUT2D eigenvalue weighted by Crippen LogP contribution is 2.65. The Bertz CT molecular complexity index is 984. The van der Waals surface area contributed by atoms with Crippen molar-refractivity contribution < 1.29 is 115 Å². The van der Waals surface area contributed by atoms with Crippen molar-refractivity contribution in [3.8, 4) is 0 Å². The molecule has 0 aliphatic heterocycles. The van der Waals surface area contributed by atoms with Crippen LogP contribution in [0.15, 0.2) is 0 Å². The Hall–Kier alpha value is -1.74. The van der Waals surface area contributed by atoms with Crippen LogP contribution < -0.4 is 0 Å². The summed E-state index contributed by atoms with van der Waals surface area (Å²) in [6.45, 7) is 0. The summed E-state index contributed by atoms with van der Waals surface area (Å²) in [5.74, 6) is -55.2. The van der Waals surface area contributed by atoms with Gasteiger partial charge in [0, 0.05) is 0 Å². The molecule has 0 aliphatic carbocycles. The molecule has 0 aliphatic rings. The summed E-state index contributed by atoms with van der Waals surface area (Å²) in [6, 6.07) is -7.87. The van der Waals surface area contributed by atoms with E-state index < -0.39 is 73.4 Å². The van der Waals surface area contributed by atoms with Crippen molar-refractivity contribution in [3.05, 3.63) is 0 Å². The van der Waals surface area contributed by atoms with Crippen molar-refractivity contribution >= 4 is 9.84 Å². The first-order chi connectivity index (χ1) is 16.0. The summed E-state index contributed by atoms with van der Waals surface area (Å²) in [5, 5.41) is -21.5. The zero-order valence-corrected chi connectivity index (χ0v) is 16.6. The molecular weight excluding hydrogens is 651 g/mol. The molecule has 4 nitrogen and oxygen atoms in total. The molecule has 0 aromatic rings. The molecule has 0 fully saturated rings. The minimum atomic E-state index is -9.78. The van der Waals surface area contributed by atoms with Gasteiger partial charge in [0.05, 0.1) is 5.34 Å². The summed E-state index contributed by atoms with van der Waals surface area (Å²) >= 11 is 0. The Labute approximate surface area is 189 Å². The molecule has 1 unspecified atom stereocenters. The maximum Gasteiger partial charge on any atom is 0.460 e. The number of halogens is 23. The third-order valence-corrected chi connectivity index (χ3v) is 5.98. The second-order valence-corrected chi connectivity index (χ2v) is 8.40. The quantitative estimate of drug-likeness (QED) is 0.145. The average Bonchev–Trinajstić information content (AvgIpc) is 2.70. The second kappa shape index (κ2) is 8.88. The minimum Gasteiger partial charge on any atom is -0.216 e. The maximum atomic E-state index is 13.6. The van der Waals surface area contributed by atoms with Gasteiger partial charge in [0.15, 0.2) is 0 Å². The molecule has 0 bridgehead atoms. The Kier molecular flexibility index (Phi) is 8.48. The Morgan fingerprint density at radius 3 is 0.974 bits per heavy atom. The first kappa shape index (κ1) is 36.3. The van der Waals surface area contributed by atoms with E-state index in [0.29, 0.717) is 0 Å². The van der Waals surface area contributed by atoms with Crippen molar-refractivity contribution in [3.63, 3.8) is 0 Å². The monoisotopic (exact) mass is 651 g/mol. The maximum absolute atomic E-state index is 13.6.